The molecule has 5 nitrogen and oxygen atoms in total. The molecule has 0 radical (unpaired) electrons. The van der Waals surface area contributed by atoms with Crippen LogP contribution in [-0.4, -0.2) is 22.5 Å². The fourth-order valence-corrected chi connectivity index (χ4v) is 3.02. The van der Waals surface area contributed by atoms with Crippen molar-refractivity contribution in [1.29, 1.82) is 0 Å². The van der Waals surface area contributed by atoms with Crippen molar-refractivity contribution in [3.8, 4) is 11.5 Å². The molecule has 0 fully saturated rings. The maximum absolute atomic E-state index is 12.6. The standard InChI is InChI=1S/C25H21BrO5/c1-15-4-8-18(9-5-15)24(28)30-21-13-12-20(23(27)17(3)26)14-22(21)31-25(29)19-10-6-16(2)7-11-19/h4-14,17H,1-3H3. The number of halogens is 1. The number of benzene rings is 3. The number of aryl methyl sites for hydroxylation is 2. The molecule has 0 aromatic heterocycles. The molecule has 31 heavy (non-hydrogen) atoms. The third-order valence-electron chi connectivity index (χ3n) is 4.57. The minimum Gasteiger partial charge on any atom is -0.419 e. The Morgan fingerprint density at radius 1 is 0.677 bits per heavy atom. The fourth-order valence-electron chi connectivity index (χ4n) is 2.75. The molecule has 3 aromatic carbocycles. The van der Waals surface area contributed by atoms with Gasteiger partial charge in [0.05, 0.1) is 16.0 Å². The SMILES string of the molecule is Cc1ccc(C(=O)Oc2ccc(C(=O)C(C)Br)cc2OC(=O)c2ccc(C)cc2)cc1. The largest absolute Gasteiger partial charge is 0.419 e. The highest BCUT2D eigenvalue weighted by molar-refractivity contribution is 9.10. The Hall–Kier alpha value is -3.25. The van der Waals surface area contributed by atoms with Crippen LogP contribution in [0.4, 0.5) is 0 Å². The zero-order valence-corrected chi connectivity index (χ0v) is 18.9. The molecule has 6 heteroatoms. The molecule has 0 spiro atoms. The summed E-state index contributed by atoms with van der Waals surface area (Å²) in [5.74, 6) is -1.37. The van der Waals surface area contributed by atoms with Crippen LogP contribution in [0, 0.1) is 13.8 Å². The van der Waals surface area contributed by atoms with Crippen molar-refractivity contribution in [3.05, 3.63) is 94.5 Å². The first-order chi connectivity index (χ1) is 14.7. The van der Waals surface area contributed by atoms with Gasteiger partial charge in [0.25, 0.3) is 0 Å². The minimum absolute atomic E-state index is 0.00923. The highest BCUT2D eigenvalue weighted by atomic mass is 79.9. The topological polar surface area (TPSA) is 69.7 Å². The first-order valence-electron chi connectivity index (χ1n) is 9.64. The van der Waals surface area contributed by atoms with Gasteiger partial charge in [-0.15, -0.1) is 0 Å². The van der Waals surface area contributed by atoms with Gasteiger partial charge in [0.2, 0.25) is 0 Å². The fraction of sp³-hybridized carbons (Fsp3) is 0.160. The van der Waals surface area contributed by atoms with Crippen molar-refractivity contribution in [2.24, 2.45) is 0 Å². The van der Waals surface area contributed by atoms with E-state index in [1.807, 2.05) is 13.8 Å². The number of alkyl halides is 1. The van der Waals surface area contributed by atoms with Gasteiger partial charge in [0.15, 0.2) is 17.3 Å². The van der Waals surface area contributed by atoms with Gasteiger partial charge in [-0.3, -0.25) is 4.79 Å². The molecule has 0 heterocycles. The number of hydrogen-bond acceptors (Lipinski definition) is 5. The zero-order valence-electron chi connectivity index (χ0n) is 17.3. The third kappa shape index (κ3) is 5.67. The molecule has 0 saturated heterocycles. The van der Waals surface area contributed by atoms with Crippen molar-refractivity contribution in [2.45, 2.75) is 25.6 Å². The zero-order chi connectivity index (χ0) is 22.5. The number of hydrogen-bond donors (Lipinski definition) is 0. The lowest BCUT2D eigenvalue weighted by molar-refractivity contribution is 0.0682. The Balaban J connectivity index is 1.92. The number of carbonyl (C=O) groups is 3. The van der Waals surface area contributed by atoms with Gasteiger partial charge in [0.1, 0.15) is 0 Å². The third-order valence-corrected chi connectivity index (χ3v) is 4.99. The van der Waals surface area contributed by atoms with Gasteiger partial charge >= 0.3 is 11.9 Å². The van der Waals surface area contributed by atoms with E-state index in [1.165, 1.54) is 18.2 Å². The van der Waals surface area contributed by atoms with Crippen LogP contribution in [0.2, 0.25) is 0 Å². The number of ether oxygens (including phenoxy) is 2. The summed E-state index contributed by atoms with van der Waals surface area (Å²) in [6.45, 7) is 5.53. The number of esters is 2. The monoisotopic (exact) mass is 480 g/mol. The maximum Gasteiger partial charge on any atom is 0.343 e. The number of Topliss-reactive ketones (excluding diaryl/α,β-unsaturated/α-hetero) is 1. The van der Waals surface area contributed by atoms with E-state index in [2.05, 4.69) is 15.9 Å². The van der Waals surface area contributed by atoms with Crippen molar-refractivity contribution in [3.63, 3.8) is 0 Å². The predicted octanol–water partition coefficient (Wildman–Crippen LogP) is 5.71. The van der Waals surface area contributed by atoms with Gasteiger partial charge < -0.3 is 9.47 Å². The van der Waals surface area contributed by atoms with Crippen LogP contribution < -0.4 is 9.47 Å². The lowest BCUT2D eigenvalue weighted by Crippen LogP contribution is -2.15. The first kappa shape index (κ1) is 22.4. The molecule has 0 N–H and O–H groups in total. The molecule has 3 rings (SSSR count). The molecule has 0 bridgehead atoms. The molecule has 0 amide bonds. The first-order valence-corrected chi connectivity index (χ1v) is 10.6. The van der Waals surface area contributed by atoms with E-state index >= 15 is 0 Å². The van der Waals surface area contributed by atoms with Crippen LogP contribution in [0.3, 0.4) is 0 Å². The minimum atomic E-state index is -0.621. The molecule has 0 aliphatic carbocycles. The second kappa shape index (κ2) is 9.71. The summed E-state index contributed by atoms with van der Waals surface area (Å²) in [5.41, 5.74) is 3.04. The molecule has 158 valence electrons. The predicted molar refractivity (Wildman–Crippen MR) is 121 cm³/mol. The van der Waals surface area contributed by atoms with Gasteiger partial charge in [-0.25, -0.2) is 9.59 Å². The number of rotatable bonds is 6. The van der Waals surface area contributed by atoms with Gasteiger partial charge in [-0.05, 0) is 63.2 Å². The highest BCUT2D eigenvalue weighted by Crippen LogP contribution is 2.31. The highest BCUT2D eigenvalue weighted by Gasteiger charge is 2.20. The van der Waals surface area contributed by atoms with E-state index in [4.69, 9.17) is 9.47 Å². The molecule has 3 aromatic rings. The Labute approximate surface area is 189 Å². The van der Waals surface area contributed by atoms with Crippen molar-refractivity contribution in [1.82, 2.24) is 0 Å². The summed E-state index contributed by atoms with van der Waals surface area (Å²) >= 11 is 3.25. The van der Waals surface area contributed by atoms with Crippen LogP contribution >= 0.6 is 15.9 Å². The van der Waals surface area contributed by atoms with E-state index in [-0.39, 0.29) is 17.3 Å². The van der Waals surface area contributed by atoms with Crippen LogP contribution in [0.5, 0.6) is 11.5 Å². The lowest BCUT2D eigenvalue weighted by Gasteiger charge is -2.13. The second-order valence-electron chi connectivity index (χ2n) is 7.15. The molecule has 0 aliphatic heterocycles. The molecule has 1 atom stereocenters. The van der Waals surface area contributed by atoms with Gasteiger partial charge in [-0.1, -0.05) is 51.3 Å². The molecule has 0 aliphatic rings. The maximum atomic E-state index is 12.6. The Kier molecular flexibility index (Phi) is 7.02. The summed E-state index contributed by atoms with van der Waals surface area (Å²) in [7, 11) is 0. The Morgan fingerprint density at radius 3 is 1.55 bits per heavy atom. The van der Waals surface area contributed by atoms with E-state index in [9.17, 15) is 14.4 Å². The van der Waals surface area contributed by atoms with Crippen LogP contribution in [-0.2, 0) is 0 Å². The summed E-state index contributed by atoms with van der Waals surface area (Å²) in [5, 5.41) is 0. The average molecular weight is 481 g/mol. The smallest absolute Gasteiger partial charge is 0.343 e. The normalized spacial score (nSPS) is 11.5. The lowest BCUT2D eigenvalue weighted by atomic mass is 10.1. The number of carbonyl (C=O) groups excluding carboxylic acids is 3. The molecule has 0 saturated carbocycles. The summed E-state index contributed by atoms with van der Waals surface area (Å²) in [6, 6.07) is 18.2. The van der Waals surface area contributed by atoms with Crippen molar-refractivity contribution >= 4 is 33.7 Å². The summed E-state index contributed by atoms with van der Waals surface area (Å²) < 4.78 is 11.0. The number of ketones is 1. The van der Waals surface area contributed by atoms with E-state index in [0.717, 1.165) is 11.1 Å². The van der Waals surface area contributed by atoms with E-state index in [0.29, 0.717) is 16.7 Å². The molecular weight excluding hydrogens is 460 g/mol. The summed E-state index contributed by atoms with van der Waals surface area (Å²) in [6.07, 6.45) is 0. The van der Waals surface area contributed by atoms with E-state index in [1.54, 1.807) is 55.5 Å². The van der Waals surface area contributed by atoms with E-state index < -0.39 is 16.8 Å². The second-order valence-corrected chi connectivity index (χ2v) is 8.53. The quantitative estimate of drug-likeness (QED) is 0.195. The van der Waals surface area contributed by atoms with Crippen LogP contribution in [0.15, 0.2) is 66.7 Å². The Morgan fingerprint density at radius 2 is 1.10 bits per heavy atom. The van der Waals surface area contributed by atoms with Crippen LogP contribution in [0.25, 0.3) is 0 Å². The van der Waals surface area contributed by atoms with Crippen LogP contribution in [0.1, 0.15) is 49.1 Å². The molecular formula is C25H21BrO5. The van der Waals surface area contributed by atoms with Crippen molar-refractivity contribution in [2.75, 3.05) is 0 Å². The van der Waals surface area contributed by atoms with Gasteiger partial charge in [-0.2, -0.15) is 0 Å². The average Bonchev–Trinajstić information content (AvgIpc) is 2.75. The Bertz CT molecular complexity index is 1120. The molecule has 1 unspecified atom stereocenters. The summed E-state index contributed by atoms with van der Waals surface area (Å²) in [4.78, 5) is 37.1. The van der Waals surface area contributed by atoms with Gasteiger partial charge in [0, 0.05) is 5.56 Å². The van der Waals surface area contributed by atoms with Crippen molar-refractivity contribution < 1.29 is 23.9 Å².